The fourth-order valence-electron chi connectivity index (χ4n) is 1.70. The fraction of sp³-hybridized carbons (Fsp3) is 0.0625. The average Bonchev–Trinajstić information content (AvgIpc) is 2.48. The summed E-state index contributed by atoms with van der Waals surface area (Å²) in [6, 6.07) is 9.29. The summed E-state index contributed by atoms with van der Waals surface area (Å²) in [4.78, 5) is 25.2. The first-order valence-electron chi connectivity index (χ1n) is 6.18. The van der Waals surface area contributed by atoms with E-state index in [1.165, 1.54) is 17.1 Å². The molecule has 0 spiro atoms. The molecular formula is C16H12N2O2S. The number of rotatable bonds is 2. The molecule has 2 amide bonds. The highest BCUT2D eigenvalue weighted by Crippen LogP contribution is 2.09. The summed E-state index contributed by atoms with van der Waals surface area (Å²) in [6.07, 6.45) is 2.84. The first-order valence-corrected chi connectivity index (χ1v) is 6.59. The van der Waals surface area contributed by atoms with Gasteiger partial charge in [-0.25, -0.2) is 0 Å². The van der Waals surface area contributed by atoms with Crippen LogP contribution in [-0.2, 0) is 9.59 Å². The summed E-state index contributed by atoms with van der Waals surface area (Å²) in [6.45, 7) is 3.79. The van der Waals surface area contributed by atoms with Crippen LogP contribution in [0.5, 0.6) is 0 Å². The Labute approximate surface area is 128 Å². The number of thiocarbonyl (C=S) groups is 1. The van der Waals surface area contributed by atoms with E-state index in [0.29, 0.717) is 0 Å². The highest BCUT2D eigenvalue weighted by molar-refractivity contribution is 7.80. The Morgan fingerprint density at radius 2 is 2.00 bits per heavy atom. The number of hydrogen-bond acceptors (Lipinski definition) is 3. The number of benzene rings is 1. The SMILES string of the molecule is C=CCN1C(=O)/C(=C/C#Cc2ccccc2)C(=O)NC1=S. The van der Waals surface area contributed by atoms with Crippen LogP contribution < -0.4 is 5.32 Å². The van der Waals surface area contributed by atoms with Gasteiger partial charge in [0, 0.05) is 18.2 Å². The van der Waals surface area contributed by atoms with E-state index in [1.54, 1.807) is 0 Å². The molecule has 1 saturated heterocycles. The minimum atomic E-state index is -0.535. The molecule has 104 valence electrons. The molecule has 1 heterocycles. The van der Waals surface area contributed by atoms with E-state index in [-0.39, 0.29) is 17.2 Å². The van der Waals surface area contributed by atoms with E-state index in [9.17, 15) is 9.59 Å². The molecule has 1 aliphatic heterocycles. The van der Waals surface area contributed by atoms with Crippen molar-refractivity contribution in [2.75, 3.05) is 6.54 Å². The van der Waals surface area contributed by atoms with Crippen LogP contribution in [0.1, 0.15) is 5.56 Å². The van der Waals surface area contributed by atoms with Crippen molar-refractivity contribution in [1.82, 2.24) is 10.2 Å². The normalized spacial score (nSPS) is 16.3. The second-order valence-electron chi connectivity index (χ2n) is 4.16. The second-order valence-corrected chi connectivity index (χ2v) is 4.54. The molecule has 0 saturated carbocycles. The lowest BCUT2D eigenvalue weighted by atomic mass is 10.1. The third kappa shape index (κ3) is 3.44. The average molecular weight is 296 g/mol. The molecule has 1 aromatic rings. The summed E-state index contributed by atoms with van der Waals surface area (Å²) in [7, 11) is 0. The summed E-state index contributed by atoms with van der Waals surface area (Å²) in [5.74, 6) is 4.58. The van der Waals surface area contributed by atoms with Gasteiger partial charge in [-0.05, 0) is 24.4 Å². The quantitative estimate of drug-likeness (QED) is 0.295. The van der Waals surface area contributed by atoms with Gasteiger partial charge in [0.15, 0.2) is 5.11 Å². The van der Waals surface area contributed by atoms with Crippen molar-refractivity contribution < 1.29 is 9.59 Å². The molecule has 1 aliphatic rings. The summed E-state index contributed by atoms with van der Waals surface area (Å²) >= 11 is 4.95. The van der Waals surface area contributed by atoms with Crippen LogP contribution in [0.2, 0.25) is 0 Å². The highest BCUT2D eigenvalue weighted by Gasteiger charge is 2.32. The molecule has 0 radical (unpaired) electrons. The van der Waals surface area contributed by atoms with E-state index < -0.39 is 11.8 Å². The van der Waals surface area contributed by atoms with Gasteiger partial charge in [-0.1, -0.05) is 36.1 Å². The van der Waals surface area contributed by atoms with Crippen LogP contribution >= 0.6 is 12.2 Å². The maximum Gasteiger partial charge on any atom is 0.266 e. The lowest BCUT2D eigenvalue weighted by molar-refractivity contribution is -0.128. The van der Waals surface area contributed by atoms with Crippen molar-refractivity contribution in [3.63, 3.8) is 0 Å². The Balaban J connectivity index is 2.25. The standard InChI is InChI=1S/C16H12N2O2S/c1-2-11-18-15(20)13(14(19)17-16(18)21)10-6-9-12-7-4-3-5-8-12/h2-5,7-8,10H,1,11H2,(H,17,19,21)/b13-10+. The van der Waals surface area contributed by atoms with E-state index in [4.69, 9.17) is 12.2 Å². The Hall–Kier alpha value is -2.71. The van der Waals surface area contributed by atoms with Gasteiger partial charge in [-0.2, -0.15) is 0 Å². The van der Waals surface area contributed by atoms with Crippen LogP contribution in [0.15, 0.2) is 54.6 Å². The van der Waals surface area contributed by atoms with Crippen molar-refractivity contribution in [2.24, 2.45) is 0 Å². The highest BCUT2D eigenvalue weighted by atomic mass is 32.1. The topological polar surface area (TPSA) is 49.4 Å². The van der Waals surface area contributed by atoms with Gasteiger partial charge < -0.3 is 0 Å². The Bertz CT molecular complexity index is 696. The van der Waals surface area contributed by atoms with Crippen molar-refractivity contribution in [2.45, 2.75) is 0 Å². The van der Waals surface area contributed by atoms with E-state index in [2.05, 4.69) is 23.7 Å². The molecule has 1 fully saturated rings. The van der Waals surface area contributed by atoms with Gasteiger partial charge in [0.1, 0.15) is 5.57 Å². The molecule has 0 aliphatic carbocycles. The predicted molar refractivity (Wildman–Crippen MR) is 84.1 cm³/mol. The van der Waals surface area contributed by atoms with Gasteiger partial charge in [0.25, 0.3) is 11.8 Å². The molecule has 4 nitrogen and oxygen atoms in total. The molecule has 21 heavy (non-hydrogen) atoms. The number of carbonyl (C=O) groups excluding carboxylic acids is 2. The van der Waals surface area contributed by atoms with Crippen LogP contribution in [0, 0.1) is 11.8 Å². The van der Waals surface area contributed by atoms with Gasteiger partial charge in [-0.15, -0.1) is 6.58 Å². The first-order chi connectivity index (χ1) is 10.1. The van der Waals surface area contributed by atoms with Crippen molar-refractivity contribution >= 4 is 29.1 Å². The summed E-state index contributed by atoms with van der Waals surface area (Å²) in [5.41, 5.74) is 0.769. The molecule has 0 bridgehead atoms. The molecule has 0 unspecified atom stereocenters. The van der Waals surface area contributed by atoms with Crippen molar-refractivity contribution in [1.29, 1.82) is 0 Å². The smallest absolute Gasteiger partial charge is 0.266 e. The molecule has 1 aromatic carbocycles. The molecule has 0 atom stereocenters. The zero-order valence-corrected chi connectivity index (χ0v) is 11.9. The van der Waals surface area contributed by atoms with Crippen LogP contribution in [0.3, 0.4) is 0 Å². The molecular weight excluding hydrogens is 284 g/mol. The van der Waals surface area contributed by atoms with Gasteiger partial charge in [0.2, 0.25) is 0 Å². The number of hydrogen-bond donors (Lipinski definition) is 1. The van der Waals surface area contributed by atoms with Gasteiger partial charge in [0.05, 0.1) is 0 Å². The monoisotopic (exact) mass is 296 g/mol. The summed E-state index contributed by atoms with van der Waals surface area (Å²) < 4.78 is 0. The Morgan fingerprint density at radius 1 is 1.29 bits per heavy atom. The lowest BCUT2D eigenvalue weighted by Crippen LogP contribution is -2.53. The van der Waals surface area contributed by atoms with E-state index in [1.807, 2.05) is 30.3 Å². The van der Waals surface area contributed by atoms with E-state index >= 15 is 0 Å². The fourth-order valence-corrected chi connectivity index (χ4v) is 1.95. The van der Waals surface area contributed by atoms with Crippen LogP contribution in [-0.4, -0.2) is 28.4 Å². The van der Waals surface area contributed by atoms with Crippen molar-refractivity contribution in [3.8, 4) is 11.8 Å². The molecule has 5 heteroatoms. The minimum Gasteiger partial charge on any atom is -0.298 e. The van der Waals surface area contributed by atoms with E-state index in [0.717, 1.165) is 5.56 Å². The Kier molecular flexibility index (Phi) is 4.64. The number of carbonyl (C=O) groups is 2. The third-order valence-corrected chi connectivity index (χ3v) is 3.03. The largest absolute Gasteiger partial charge is 0.298 e. The maximum atomic E-state index is 12.2. The second kappa shape index (κ2) is 6.64. The van der Waals surface area contributed by atoms with Gasteiger partial charge >= 0.3 is 0 Å². The number of nitrogens with zero attached hydrogens (tertiary/aromatic N) is 1. The molecule has 1 N–H and O–H groups in total. The summed E-state index contributed by atoms with van der Waals surface area (Å²) in [5, 5.41) is 2.54. The number of allylic oxidation sites excluding steroid dienone is 1. The molecule has 0 aromatic heterocycles. The number of nitrogens with one attached hydrogen (secondary N) is 1. The Morgan fingerprint density at radius 3 is 2.67 bits per heavy atom. The minimum absolute atomic E-state index is 0.0334. The third-order valence-electron chi connectivity index (χ3n) is 2.70. The lowest BCUT2D eigenvalue weighted by Gasteiger charge is -2.27. The van der Waals surface area contributed by atoms with Crippen LogP contribution in [0.25, 0.3) is 0 Å². The molecule has 2 rings (SSSR count). The van der Waals surface area contributed by atoms with Gasteiger partial charge in [-0.3, -0.25) is 19.8 Å². The zero-order valence-electron chi connectivity index (χ0n) is 11.1. The van der Waals surface area contributed by atoms with Crippen molar-refractivity contribution in [3.05, 3.63) is 60.2 Å². The zero-order chi connectivity index (χ0) is 15.2. The maximum absolute atomic E-state index is 12.2. The predicted octanol–water partition coefficient (Wildman–Crippen LogP) is 1.39. The van der Waals surface area contributed by atoms with Crippen LogP contribution in [0.4, 0.5) is 0 Å². The first kappa shape index (κ1) is 14.7. The number of amides is 2.